The molecule has 5 heteroatoms. The Labute approximate surface area is 110 Å². The minimum Gasteiger partial charge on any atom is -0.390 e. The topological polar surface area (TPSA) is 63.6 Å². The van der Waals surface area contributed by atoms with Crippen LogP contribution in [0.15, 0.2) is 0 Å². The highest BCUT2D eigenvalue weighted by atomic mass is 32.2. The van der Waals surface area contributed by atoms with Crippen LogP contribution in [0.25, 0.3) is 0 Å². The van der Waals surface area contributed by atoms with Crippen molar-refractivity contribution >= 4 is 9.84 Å². The van der Waals surface area contributed by atoms with Gasteiger partial charge >= 0.3 is 0 Å². The van der Waals surface area contributed by atoms with Crippen molar-refractivity contribution < 1.29 is 18.3 Å². The van der Waals surface area contributed by atoms with Crippen molar-refractivity contribution in [1.82, 2.24) is 0 Å². The van der Waals surface area contributed by atoms with E-state index in [9.17, 15) is 13.5 Å². The van der Waals surface area contributed by atoms with Crippen molar-refractivity contribution in [3.63, 3.8) is 0 Å². The molecule has 1 heterocycles. The molecule has 1 aliphatic carbocycles. The van der Waals surface area contributed by atoms with E-state index in [0.717, 1.165) is 32.1 Å². The molecular formula is C13H24O4S. The first-order chi connectivity index (χ1) is 8.33. The molecule has 1 aliphatic heterocycles. The van der Waals surface area contributed by atoms with Crippen molar-refractivity contribution in [2.24, 2.45) is 5.92 Å². The molecule has 4 nitrogen and oxygen atoms in total. The number of aliphatic hydroxyl groups excluding tert-OH is 1. The van der Waals surface area contributed by atoms with E-state index in [2.05, 4.69) is 0 Å². The third-order valence-corrected chi connectivity index (χ3v) is 6.23. The lowest BCUT2D eigenvalue weighted by Gasteiger charge is -2.38. The van der Waals surface area contributed by atoms with Crippen molar-refractivity contribution in [3.05, 3.63) is 0 Å². The van der Waals surface area contributed by atoms with Crippen molar-refractivity contribution in [3.8, 4) is 0 Å². The van der Waals surface area contributed by atoms with Crippen molar-refractivity contribution in [1.29, 1.82) is 0 Å². The zero-order valence-corrected chi connectivity index (χ0v) is 12.1. The monoisotopic (exact) mass is 276 g/mol. The standard InChI is InChI=1S/C13H24O4S/c1-13(7-4-8-17-13)12(14)10-5-3-6-11(9-10)18(2,15)16/h10-12,14H,3-9H2,1-2H3. The number of hydrogen-bond acceptors (Lipinski definition) is 4. The van der Waals surface area contributed by atoms with Gasteiger partial charge in [-0.05, 0) is 44.9 Å². The van der Waals surface area contributed by atoms with Gasteiger partial charge in [-0.3, -0.25) is 0 Å². The smallest absolute Gasteiger partial charge is 0.150 e. The van der Waals surface area contributed by atoms with Crippen LogP contribution in [0.2, 0.25) is 0 Å². The zero-order chi connectivity index (χ0) is 13.4. The Morgan fingerprint density at radius 1 is 1.33 bits per heavy atom. The molecule has 0 aromatic rings. The average molecular weight is 276 g/mol. The molecule has 1 saturated carbocycles. The summed E-state index contributed by atoms with van der Waals surface area (Å²) in [5.74, 6) is 0.0570. The summed E-state index contributed by atoms with van der Waals surface area (Å²) in [4.78, 5) is 0. The van der Waals surface area contributed by atoms with Gasteiger partial charge in [0.2, 0.25) is 0 Å². The van der Waals surface area contributed by atoms with E-state index < -0.39 is 21.5 Å². The summed E-state index contributed by atoms with van der Waals surface area (Å²) in [6.45, 7) is 2.66. The summed E-state index contributed by atoms with van der Waals surface area (Å²) in [7, 11) is -2.99. The van der Waals surface area contributed by atoms with Crippen LogP contribution in [-0.2, 0) is 14.6 Å². The molecule has 2 fully saturated rings. The van der Waals surface area contributed by atoms with Gasteiger partial charge < -0.3 is 9.84 Å². The van der Waals surface area contributed by atoms with Gasteiger partial charge in [0.05, 0.1) is 17.0 Å². The second-order valence-corrected chi connectivity index (χ2v) is 8.41. The molecule has 2 aliphatic rings. The lowest BCUT2D eigenvalue weighted by Crippen LogP contribution is -2.46. The van der Waals surface area contributed by atoms with Gasteiger partial charge in [0.25, 0.3) is 0 Å². The molecule has 106 valence electrons. The Hall–Kier alpha value is -0.130. The summed E-state index contributed by atoms with van der Waals surface area (Å²) in [5.41, 5.74) is -0.468. The highest BCUT2D eigenvalue weighted by Crippen LogP contribution is 2.38. The van der Waals surface area contributed by atoms with E-state index in [0.29, 0.717) is 13.0 Å². The third-order valence-electron chi connectivity index (χ3n) is 4.59. The Morgan fingerprint density at radius 2 is 2.06 bits per heavy atom. The van der Waals surface area contributed by atoms with Gasteiger partial charge in [0.1, 0.15) is 9.84 Å². The summed E-state index contributed by atoms with van der Waals surface area (Å²) < 4.78 is 29.0. The van der Waals surface area contributed by atoms with E-state index >= 15 is 0 Å². The van der Waals surface area contributed by atoms with E-state index in [-0.39, 0.29) is 11.2 Å². The zero-order valence-electron chi connectivity index (χ0n) is 11.3. The first kappa shape index (κ1) is 14.3. The van der Waals surface area contributed by atoms with Crippen LogP contribution in [0, 0.1) is 5.92 Å². The summed E-state index contributed by atoms with van der Waals surface area (Å²) in [6.07, 6.45) is 5.73. The van der Waals surface area contributed by atoms with E-state index in [1.165, 1.54) is 6.26 Å². The highest BCUT2D eigenvalue weighted by Gasteiger charge is 2.43. The van der Waals surface area contributed by atoms with Gasteiger partial charge in [0, 0.05) is 12.9 Å². The molecule has 1 N–H and O–H groups in total. The molecule has 0 radical (unpaired) electrons. The number of hydrogen-bond donors (Lipinski definition) is 1. The minimum absolute atomic E-state index is 0.0570. The van der Waals surface area contributed by atoms with Crippen LogP contribution in [0.3, 0.4) is 0 Å². The first-order valence-corrected chi connectivity index (χ1v) is 8.79. The van der Waals surface area contributed by atoms with Gasteiger partial charge in [-0.25, -0.2) is 8.42 Å². The molecule has 2 rings (SSSR count). The molecule has 1 saturated heterocycles. The lowest BCUT2D eigenvalue weighted by molar-refractivity contribution is -0.106. The Kier molecular flexibility index (Phi) is 4.04. The van der Waals surface area contributed by atoms with Gasteiger partial charge in [-0.1, -0.05) is 6.42 Å². The van der Waals surface area contributed by atoms with Gasteiger partial charge in [-0.15, -0.1) is 0 Å². The van der Waals surface area contributed by atoms with Crippen LogP contribution in [0.5, 0.6) is 0 Å². The van der Waals surface area contributed by atoms with Crippen LogP contribution >= 0.6 is 0 Å². The molecule has 0 aromatic carbocycles. The summed E-state index contributed by atoms with van der Waals surface area (Å²) in [5, 5.41) is 10.2. The first-order valence-electron chi connectivity index (χ1n) is 6.84. The predicted octanol–water partition coefficient (Wildman–Crippen LogP) is 1.52. The maximum absolute atomic E-state index is 11.6. The Morgan fingerprint density at radius 3 is 2.61 bits per heavy atom. The lowest BCUT2D eigenvalue weighted by atomic mass is 9.78. The van der Waals surface area contributed by atoms with Crippen LogP contribution in [0.4, 0.5) is 0 Å². The Bertz CT molecular complexity index is 384. The third kappa shape index (κ3) is 2.89. The molecule has 0 spiro atoms. The van der Waals surface area contributed by atoms with Gasteiger partial charge in [0.15, 0.2) is 0 Å². The largest absolute Gasteiger partial charge is 0.390 e. The minimum atomic E-state index is -2.99. The quantitative estimate of drug-likeness (QED) is 0.849. The molecule has 0 aromatic heterocycles. The number of aliphatic hydroxyl groups is 1. The summed E-state index contributed by atoms with van der Waals surface area (Å²) >= 11 is 0. The maximum atomic E-state index is 11.6. The normalized spacial score (nSPS) is 39.7. The fourth-order valence-electron chi connectivity index (χ4n) is 3.39. The molecule has 0 amide bonds. The summed E-state index contributed by atoms with van der Waals surface area (Å²) in [6, 6.07) is 0. The second-order valence-electron chi connectivity index (χ2n) is 6.09. The van der Waals surface area contributed by atoms with E-state index in [1.54, 1.807) is 0 Å². The molecule has 18 heavy (non-hydrogen) atoms. The van der Waals surface area contributed by atoms with E-state index in [1.807, 2.05) is 6.92 Å². The predicted molar refractivity (Wildman–Crippen MR) is 70.2 cm³/mol. The number of ether oxygens (including phenoxy) is 1. The van der Waals surface area contributed by atoms with Crippen molar-refractivity contribution in [2.45, 2.75) is 62.4 Å². The molecule has 0 bridgehead atoms. The maximum Gasteiger partial charge on any atom is 0.150 e. The van der Waals surface area contributed by atoms with E-state index in [4.69, 9.17) is 4.74 Å². The molecule has 4 unspecified atom stereocenters. The van der Waals surface area contributed by atoms with Crippen LogP contribution < -0.4 is 0 Å². The second kappa shape index (κ2) is 5.10. The van der Waals surface area contributed by atoms with Crippen LogP contribution in [-0.4, -0.2) is 43.3 Å². The highest BCUT2D eigenvalue weighted by molar-refractivity contribution is 7.91. The SMILES string of the molecule is CC1(C(O)C2CCCC(S(C)(=O)=O)C2)CCCO1. The number of sulfone groups is 1. The molecular weight excluding hydrogens is 252 g/mol. The van der Waals surface area contributed by atoms with Gasteiger partial charge in [-0.2, -0.15) is 0 Å². The average Bonchev–Trinajstić information content (AvgIpc) is 2.75. The fourth-order valence-corrected chi connectivity index (χ4v) is 4.58. The number of rotatable bonds is 3. The Balaban J connectivity index is 2.04. The molecule has 4 atom stereocenters. The van der Waals surface area contributed by atoms with Crippen LogP contribution in [0.1, 0.15) is 45.4 Å². The van der Waals surface area contributed by atoms with Crippen molar-refractivity contribution in [2.75, 3.05) is 12.9 Å². The fraction of sp³-hybridized carbons (Fsp3) is 1.00.